The van der Waals surface area contributed by atoms with Gasteiger partial charge in [-0.3, -0.25) is 9.59 Å². The van der Waals surface area contributed by atoms with E-state index in [1.165, 1.54) is 13.2 Å². The summed E-state index contributed by atoms with van der Waals surface area (Å²) in [5.74, 6) is -0.620. The summed E-state index contributed by atoms with van der Waals surface area (Å²) in [6, 6.07) is 7.77. The molecule has 0 aliphatic heterocycles. The molecule has 1 aromatic carbocycles. The fraction of sp³-hybridized carbons (Fsp3) is 0.391. The number of rotatable bonds is 8. The minimum absolute atomic E-state index is 0.140. The van der Waals surface area contributed by atoms with E-state index < -0.39 is 11.2 Å². The monoisotopic (exact) mass is 400 g/mol. The summed E-state index contributed by atoms with van der Waals surface area (Å²) >= 11 is 1.64. The fourth-order valence-corrected chi connectivity index (χ4v) is 4.14. The van der Waals surface area contributed by atoms with Gasteiger partial charge in [-0.2, -0.15) is 0 Å². The normalized spacial score (nSPS) is 16.8. The Morgan fingerprint density at radius 2 is 1.79 bits per heavy atom. The van der Waals surface area contributed by atoms with Gasteiger partial charge in [-0.05, 0) is 49.3 Å². The van der Waals surface area contributed by atoms with Gasteiger partial charge < -0.3 is 9.84 Å². The number of methoxy groups -OCH3 is 1. The number of allylic oxidation sites excluding steroid dienone is 4. The predicted octanol–water partition coefficient (Wildman–Crippen LogP) is 5.50. The van der Waals surface area contributed by atoms with E-state index in [9.17, 15) is 14.7 Å². The Morgan fingerprint density at radius 1 is 1.18 bits per heavy atom. The topological polar surface area (TPSA) is 63.6 Å². The Balaban J connectivity index is 2.48. The van der Waals surface area contributed by atoms with Gasteiger partial charge in [0.15, 0.2) is 11.6 Å². The molecule has 0 saturated heterocycles. The number of aliphatic hydroxyl groups is 1. The van der Waals surface area contributed by atoms with Crippen LogP contribution in [-0.4, -0.2) is 30.0 Å². The molecule has 0 amide bonds. The lowest BCUT2D eigenvalue weighted by Gasteiger charge is -2.37. The molecule has 0 fully saturated rings. The summed E-state index contributed by atoms with van der Waals surface area (Å²) in [6.45, 7) is 5.68. The van der Waals surface area contributed by atoms with Crippen molar-refractivity contribution in [3.63, 3.8) is 0 Å². The number of ether oxygens (including phenoxy) is 1. The Labute approximate surface area is 171 Å². The number of hydrogen-bond donors (Lipinski definition) is 1. The Kier molecular flexibility index (Phi) is 7.30. The number of carbonyl (C=O) groups excluding carboxylic acids is 2. The van der Waals surface area contributed by atoms with Crippen LogP contribution >= 0.6 is 11.8 Å². The van der Waals surface area contributed by atoms with E-state index in [0.717, 1.165) is 10.5 Å². The molecule has 28 heavy (non-hydrogen) atoms. The molecule has 150 valence electrons. The fourth-order valence-electron chi connectivity index (χ4n) is 3.73. The molecule has 4 nitrogen and oxygen atoms in total. The zero-order chi connectivity index (χ0) is 20.9. The molecule has 0 saturated carbocycles. The van der Waals surface area contributed by atoms with Crippen LogP contribution < -0.4 is 0 Å². The molecule has 0 unspecified atom stereocenters. The summed E-state index contributed by atoms with van der Waals surface area (Å²) in [7, 11) is 1.51. The van der Waals surface area contributed by atoms with Crippen molar-refractivity contribution >= 4 is 29.4 Å². The van der Waals surface area contributed by atoms with Gasteiger partial charge >= 0.3 is 0 Å². The number of ketones is 2. The molecule has 0 aromatic heterocycles. The molecule has 5 heteroatoms. The Bertz CT molecular complexity index is 840. The first-order valence-corrected chi connectivity index (χ1v) is 10.7. The van der Waals surface area contributed by atoms with Gasteiger partial charge in [-0.15, -0.1) is 11.8 Å². The van der Waals surface area contributed by atoms with Gasteiger partial charge in [0.05, 0.1) is 12.5 Å². The van der Waals surface area contributed by atoms with Crippen LogP contribution in [0.4, 0.5) is 0 Å². The second kappa shape index (κ2) is 9.28. The van der Waals surface area contributed by atoms with Crippen molar-refractivity contribution in [2.45, 2.75) is 44.9 Å². The van der Waals surface area contributed by atoms with Crippen LogP contribution in [-0.2, 0) is 14.3 Å². The number of hydrogen-bond acceptors (Lipinski definition) is 5. The SMILES string of the molecule is CCC1=C(OC)C(CC)(CC)C(=O)C(C(=O)/C=C/c2ccc(SC)cc2)=C1O. The average molecular weight is 401 g/mol. The van der Waals surface area contributed by atoms with E-state index in [1.54, 1.807) is 17.8 Å². The number of carbonyl (C=O) groups is 2. The van der Waals surface area contributed by atoms with Gasteiger partial charge in [0.25, 0.3) is 0 Å². The Hall–Kier alpha value is -2.27. The van der Waals surface area contributed by atoms with E-state index >= 15 is 0 Å². The van der Waals surface area contributed by atoms with E-state index in [4.69, 9.17) is 4.74 Å². The van der Waals surface area contributed by atoms with Crippen LogP contribution in [0.25, 0.3) is 6.08 Å². The third kappa shape index (κ3) is 3.81. The second-order valence-electron chi connectivity index (χ2n) is 6.68. The Morgan fingerprint density at radius 3 is 2.25 bits per heavy atom. The van der Waals surface area contributed by atoms with Crippen LogP contribution in [0.2, 0.25) is 0 Å². The highest BCUT2D eigenvalue weighted by atomic mass is 32.2. The second-order valence-corrected chi connectivity index (χ2v) is 7.56. The molecule has 1 aliphatic rings. The maximum atomic E-state index is 13.3. The maximum Gasteiger partial charge on any atom is 0.193 e. The van der Waals surface area contributed by atoms with Crippen molar-refractivity contribution < 1.29 is 19.4 Å². The van der Waals surface area contributed by atoms with Crippen molar-refractivity contribution in [2.24, 2.45) is 5.41 Å². The van der Waals surface area contributed by atoms with Crippen LogP contribution in [0, 0.1) is 5.41 Å². The predicted molar refractivity (Wildman–Crippen MR) is 114 cm³/mol. The third-order valence-electron chi connectivity index (χ3n) is 5.45. The molecule has 0 atom stereocenters. The molecule has 2 rings (SSSR count). The summed E-state index contributed by atoms with van der Waals surface area (Å²) in [5.41, 5.74) is 0.339. The summed E-state index contributed by atoms with van der Waals surface area (Å²) < 4.78 is 5.55. The number of Topliss-reactive ketones (excluding diaryl/α,β-unsaturated/α-hetero) is 1. The summed E-state index contributed by atoms with van der Waals surface area (Å²) in [5, 5.41) is 10.7. The number of thioether (sulfide) groups is 1. The van der Waals surface area contributed by atoms with E-state index in [-0.39, 0.29) is 17.1 Å². The van der Waals surface area contributed by atoms with Crippen LogP contribution in [0.5, 0.6) is 0 Å². The lowest BCUT2D eigenvalue weighted by Crippen LogP contribution is -2.40. The minimum Gasteiger partial charge on any atom is -0.507 e. The molecule has 0 spiro atoms. The van der Waals surface area contributed by atoms with Crippen molar-refractivity contribution in [2.75, 3.05) is 13.4 Å². The number of benzene rings is 1. The van der Waals surface area contributed by atoms with Crippen molar-refractivity contribution in [3.05, 3.63) is 58.6 Å². The lowest BCUT2D eigenvalue weighted by molar-refractivity contribution is -0.128. The van der Waals surface area contributed by atoms with Gasteiger partial charge in [-0.1, -0.05) is 39.0 Å². The van der Waals surface area contributed by atoms with E-state index in [0.29, 0.717) is 30.6 Å². The lowest BCUT2D eigenvalue weighted by atomic mass is 9.68. The zero-order valence-electron chi connectivity index (χ0n) is 17.2. The molecule has 0 heterocycles. The highest BCUT2D eigenvalue weighted by Gasteiger charge is 2.49. The summed E-state index contributed by atoms with van der Waals surface area (Å²) in [4.78, 5) is 27.3. The standard InChI is InChI=1S/C23H28O4S/c1-6-17-20(25)19(21(26)23(7-2,8-3)22(17)27-4)18(24)14-11-15-9-12-16(28-5)13-10-15/h9-14,25H,6-8H2,1-5H3/b14-11+. The summed E-state index contributed by atoms with van der Waals surface area (Å²) in [6.07, 6.45) is 6.50. The minimum atomic E-state index is -0.912. The number of aliphatic hydroxyl groups excluding tert-OH is 1. The largest absolute Gasteiger partial charge is 0.507 e. The van der Waals surface area contributed by atoms with Crippen LogP contribution in [0.1, 0.15) is 45.6 Å². The van der Waals surface area contributed by atoms with Gasteiger partial charge in [-0.25, -0.2) is 0 Å². The third-order valence-corrected chi connectivity index (χ3v) is 6.19. The molecule has 0 bridgehead atoms. The quantitative estimate of drug-likeness (QED) is 0.354. The van der Waals surface area contributed by atoms with E-state index in [2.05, 4.69) is 0 Å². The average Bonchev–Trinajstić information content (AvgIpc) is 2.72. The first-order valence-electron chi connectivity index (χ1n) is 9.52. The zero-order valence-corrected chi connectivity index (χ0v) is 18.0. The molecule has 1 N–H and O–H groups in total. The molecule has 0 radical (unpaired) electrons. The molecule has 1 aromatic rings. The highest BCUT2D eigenvalue weighted by molar-refractivity contribution is 7.98. The van der Waals surface area contributed by atoms with Crippen molar-refractivity contribution in [1.29, 1.82) is 0 Å². The molecular formula is C23H28O4S. The first-order chi connectivity index (χ1) is 13.4. The highest BCUT2D eigenvalue weighted by Crippen LogP contribution is 2.46. The van der Waals surface area contributed by atoms with Gasteiger partial charge in [0, 0.05) is 10.5 Å². The van der Waals surface area contributed by atoms with Crippen molar-refractivity contribution in [3.8, 4) is 0 Å². The first kappa shape index (κ1) is 22.0. The van der Waals surface area contributed by atoms with Crippen molar-refractivity contribution in [1.82, 2.24) is 0 Å². The van der Waals surface area contributed by atoms with Gasteiger partial charge in [0.2, 0.25) is 0 Å². The van der Waals surface area contributed by atoms with Crippen LogP contribution in [0.15, 0.2) is 57.9 Å². The molecule has 1 aliphatic carbocycles. The van der Waals surface area contributed by atoms with E-state index in [1.807, 2.05) is 51.3 Å². The van der Waals surface area contributed by atoms with Crippen LogP contribution in [0.3, 0.4) is 0 Å². The maximum absolute atomic E-state index is 13.3. The molecular weight excluding hydrogens is 372 g/mol. The smallest absolute Gasteiger partial charge is 0.193 e. The van der Waals surface area contributed by atoms with Gasteiger partial charge in [0.1, 0.15) is 17.1 Å².